The first-order valence-corrected chi connectivity index (χ1v) is 6.20. The van der Waals surface area contributed by atoms with E-state index < -0.39 is 0 Å². The molecule has 0 aromatic carbocycles. The van der Waals surface area contributed by atoms with E-state index in [4.69, 9.17) is 5.73 Å². The molecule has 0 aromatic rings. The Labute approximate surface area is 93.0 Å². The van der Waals surface area contributed by atoms with Crippen molar-refractivity contribution in [1.82, 2.24) is 4.90 Å². The van der Waals surface area contributed by atoms with E-state index in [1.165, 1.54) is 6.42 Å². The number of hydrogen-bond donors (Lipinski definition) is 1. The van der Waals surface area contributed by atoms with Crippen molar-refractivity contribution in [2.75, 3.05) is 6.54 Å². The van der Waals surface area contributed by atoms with Gasteiger partial charge in [-0.2, -0.15) is 0 Å². The molecule has 1 aliphatic rings. The minimum Gasteiger partial charge on any atom is -0.340 e. The van der Waals surface area contributed by atoms with Gasteiger partial charge < -0.3 is 10.6 Å². The number of piperidine rings is 1. The first-order valence-electron chi connectivity index (χ1n) is 6.20. The van der Waals surface area contributed by atoms with Gasteiger partial charge >= 0.3 is 0 Å². The van der Waals surface area contributed by atoms with Gasteiger partial charge in [-0.05, 0) is 26.2 Å². The van der Waals surface area contributed by atoms with Gasteiger partial charge in [-0.1, -0.05) is 19.8 Å². The molecule has 0 aromatic heterocycles. The first-order chi connectivity index (χ1) is 7.15. The van der Waals surface area contributed by atoms with Crippen LogP contribution in [-0.2, 0) is 4.79 Å². The van der Waals surface area contributed by atoms with E-state index in [0.29, 0.717) is 24.4 Å². The standard InChI is InChI=1S/C12H24N2O/c1-3-4-5-6-12(15)14-8-7-11(13)9-10(14)2/h10-11H,3-9,13H2,1-2H3. The van der Waals surface area contributed by atoms with Crippen LogP contribution in [0.5, 0.6) is 0 Å². The van der Waals surface area contributed by atoms with E-state index >= 15 is 0 Å². The molecule has 88 valence electrons. The van der Waals surface area contributed by atoms with Crippen molar-refractivity contribution in [3.8, 4) is 0 Å². The van der Waals surface area contributed by atoms with Gasteiger partial charge in [0.25, 0.3) is 0 Å². The summed E-state index contributed by atoms with van der Waals surface area (Å²) in [5, 5.41) is 0. The summed E-state index contributed by atoms with van der Waals surface area (Å²) in [5.41, 5.74) is 5.87. The van der Waals surface area contributed by atoms with E-state index in [-0.39, 0.29) is 0 Å². The van der Waals surface area contributed by atoms with Gasteiger partial charge in [0.15, 0.2) is 0 Å². The van der Waals surface area contributed by atoms with Crippen LogP contribution >= 0.6 is 0 Å². The number of carbonyl (C=O) groups excluding carboxylic acids is 1. The van der Waals surface area contributed by atoms with Gasteiger partial charge in [-0.3, -0.25) is 4.79 Å². The van der Waals surface area contributed by atoms with Crippen molar-refractivity contribution in [2.45, 2.75) is 64.5 Å². The second-order valence-electron chi connectivity index (χ2n) is 4.68. The Kier molecular flexibility index (Phi) is 5.09. The van der Waals surface area contributed by atoms with Crippen molar-refractivity contribution >= 4 is 5.91 Å². The first kappa shape index (κ1) is 12.5. The average Bonchev–Trinajstić information content (AvgIpc) is 2.17. The maximum atomic E-state index is 11.9. The smallest absolute Gasteiger partial charge is 0.222 e. The fourth-order valence-corrected chi connectivity index (χ4v) is 2.25. The van der Waals surface area contributed by atoms with Crippen molar-refractivity contribution in [2.24, 2.45) is 5.73 Å². The highest BCUT2D eigenvalue weighted by molar-refractivity contribution is 5.76. The third kappa shape index (κ3) is 3.82. The second-order valence-corrected chi connectivity index (χ2v) is 4.68. The molecule has 3 nitrogen and oxygen atoms in total. The predicted octanol–water partition coefficient (Wildman–Crippen LogP) is 1.90. The molecule has 1 fully saturated rings. The van der Waals surface area contributed by atoms with Gasteiger partial charge in [0.1, 0.15) is 0 Å². The molecular weight excluding hydrogens is 188 g/mol. The molecule has 0 aliphatic carbocycles. The van der Waals surface area contributed by atoms with Crippen LogP contribution in [-0.4, -0.2) is 29.4 Å². The van der Waals surface area contributed by atoms with E-state index in [0.717, 1.165) is 32.2 Å². The zero-order valence-corrected chi connectivity index (χ0v) is 10.0. The minimum atomic E-state index is 0.291. The number of carbonyl (C=O) groups is 1. The van der Waals surface area contributed by atoms with Crippen LogP contribution in [0.3, 0.4) is 0 Å². The molecule has 0 radical (unpaired) electrons. The minimum absolute atomic E-state index is 0.291. The van der Waals surface area contributed by atoms with Crippen LogP contribution in [0, 0.1) is 0 Å². The zero-order chi connectivity index (χ0) is 11.3. The van der Waals surface area contributed by atoms with Crippen LogP contribution in [0.4, 0.5) is 0 Å². The van der Waals surface area contributed by atoms with Crippen LogP contribution in [0.2, 0.25) is 0 Å². The molecule has 15 heavy (non-hydrogen) atoms. The van der Waals surface area contributed by atoms with Gasteiger partial charge in [0.05, 0.1) is 0 Å². The Bertz CT molecular complexity index is 206. The zero-order valence-electron chi connectivity index (χ0n) is 10.0. The molecule has 1 heterocycles. The fraction of sp³-hybridized carbons (Fsp3) is 0.917. The highest BCUT2D eigenvalue weighted by Crippen LogP contribution is 2.17. The lowest BCUT2D eigenvalue weighted by Gasteiger charge is -2.36. The second kappa shape index (κ2) is 6.11. The van der Waals surface area contributed by atoms with E-state index in [1.807, 2.05) is 4.90 Å². The van der Waals surface area contributed by atoms with Crippen molar-refractivity contribution in [3.05, 3.63) is 0 Å². The summed E-state index contributed by atoms with van der Waals surface area (Å²) in [5.74, 6) is 0.322. The lowest BCUT2D eigenvalue weighted by molar-refractivity contribution is -0.134. The van der Waals surface area contributed by atoms with Gasteiger partial charge in [0.2, 0.25) is 5.91 Å². The molecule has 0 saturated carbocycles. The monoisotopic (exact) mass is 212 g/mol. The number of unbranched alkanes of at least 4 members (excludes halogenated alkanes) is 2. The molecule has 2 atom stereocenters. The number of rotatable bonds is 4. The van der Waals surface area contributed by atoms with Gasteiger partial charge in [-0.15, -0.1) is 0 Å². The van der Waals surface area contributed by atoms with Gasteiger partial charge in [-0.25, -0.2) is 0 Å². The van der Waals surface area contributed by atoms with Crippen LogP contribution < -0.4 is 5.73 Å². The Balaban J connectivity index is 2.32. The summed E-state index contributed by atoms with van der Waals surface area (Å²) < 4.78 is 0. The van der Waals surface area contributed by atoms with Crippen LogP contribution in [0.25, 0.3) is 0 Å². The molecule has 3 heteroatoms. The third-order valence-electron chi connectivity index (χ3n) is 3.23. The van der Waals surface area contributed by atoms with Gasteiger partial charge in [0, 0.05) is 25.0 Å². The van der Waals surface area contributed by atoms with E-state index in [2.05, 4.69) is 13.8 Å². The number of amides is 1. The summed E-state index contributed by atoms with van der Waals surface area (Å²) in [4.78, 5) is 13.9. The SMILES string of the molecule is CCCCCC(=O)N1CCC(N)CC1C. The number of nitrogens with two attached hydrogens (primary N) is 1. The Morgan fingerprint density at radius 2 is 2.20 bits per heavy atom. The molecule has 1 saturated heterocycles. The lowest BCUT2D eigenvalue weighted by Crippen LogP contribution is -2.48. The summed E-state index contributed by atoms with van der Waals surface area (Å²) in [7, 11) is 0. The highest BCUT2D eigenvalue weighted by Gasteiger charge is 2.26. The fourth-order valence-electron chi connectivity index (χ4n) is 2.25. The quantitative estimate of drug-likeness (QED) is 0.723. The lowest BCUT2D eigenvalue weighted by atomic mass is 9.98. The normalized spacial score (nSPS) is 26.7. The van der Waals surface area contributed by atoms with Crippen molar-refractivity contribution in [3.63, 3.8) is 0 Å². The molecule has 1 rings (SSSR count). The van der Waals surface area contributed by atoms with Crippen LogP contribution in [0.15, 0.2) is 0 Å². The van der Waals surface area contributed by atoms with Crippen molar-refractivity contribution in [1.29, 1.82) is 0 Å². The summed E-state index contributed by atoms with van der Waals surface area (Å²) in [6.45, 7) is 5.12. The summed E-state index contributed by atoms with van der Waals surface area (Å²) >= 11 is 0. The number of likely N-dealkylation sites (tertiary alicyclic amines) is 1. The van der Waals surface area contributed by atoms with Crippen LogP contribution in [0.1, 0.15) is 52.4 Å². The molecule has 1 amide bonds. The third-order valence-corrected chi connectivity index (χ3v) is 3.23. The molecule has 2 unspecified atom stereocenters. The largest absolute Gasteiger partial charge is 0.340 e. The maximum Gasteiger partial charge on any atom is 0.222 e. The highest BCUT2D eigenvalue weighted by atomic mass is 16.2. The van der Waals surface area contributed by atoms with Crippen molar-refractivity contribution < 1.29 is 4.79 Å². The average molecular weight is 212 g/mol. The maximum absolute atomic E-state index is 11.9. The Hall–Kier alpha value is -0.570. The molecule has 2 N–H and O–H groups in total. The van der Waals surface area contributed by atoms with E-state index in [9.17, 15) is 4.79 Å². The summed E-state index contributed by atoms with van der Waals surface area (Å²) in [6, 6.07) is 0.627. The molecule has 1 aliphatic heterocycles. The molecular formula is C12H24N2O. The molecule has 0 spiro atoms. The summed E-state index contributed by atoms with van der Waals surface area (Å²) in [6.07, 6.45) is 6.00. The topological polar surface area (TPSA) is 46.3 Å². The Morgan fingerprint density at radius 1 is 1.47 bits per heavy atom. The predicted molar refractivity (Wildman–Crippen MR) is 62.5 cm³/mol. The van der Waals surface area contributed by atoms with E-state index in [1.54, 1.807) is 0 Å². The number of hydrogen-bond acceptors (Lipinski definition) is 2. The molecule has 0 bridgehead atoms. The Morgan fingerprint density at radius 3 is 2.80 bits per heavy atom. The number of nitrogens with zero attached hydrogens (tertiary/aromatic N) is 1.